The van der Waals surface area contributed by atoms with Crippen LogP contribution in [0.3, 0.4) is 0 Å². The highest BCUT2D eigenvalue weighted by atomic mass is 32.2. The van der Waals surface area contributed by atoms with Crippen LogP contribution in [-0.4, -0.2) is 21.1 Å². The number of rotatable bonds is 6. The number of aromatic nitrogens is 2. The molecule has 0 aliphatic carbocycles. The van der Waals surface area contributed by atoms with E-state index in [0.717, 1.165) is 29.1 Å². The number of thioether (sulfide) groups is 2. The summed E-state index contributed by atoms with van der Waals surface area (Å²) in [6, 6.07) is 7.86. The van der Waals surface area contributed by atoms with Gasteiger partial charge >= 0.3 is 0 Å². The highest BCUT2D eigenvalue weighted by molar-refractivity contribution is 8.00. The summed E-state index contributed by atoms with van der Waals surface area (Å²) >= 11 is 3.01. The van der Waals surface area contributed by atoms with Gasteiger partial charge in [0.1, 0.15) is 0 Å². The summed E-state index contributed by atoms with van der Waals surface area (Å²) in [4.78, 5) is 32.0. The molecule has 132 valence electrons. The average Bonchev–Trinajstić information content (AvgIpc) is 3.09. The summed E-state index contributed by atoms with van der Waals surface area (Å²) in [5.74, 6) is 1.41. The van der Waals surface area contributed by atoms with Gasteiger partial charge in [-0.05, 0) is 30.5 Å². The van der Waals surface area contributed by atoms with Crippen molar-refractivity contribution in [3.8, 4) is 0 Å². The van der Waals surface area contributed by atoms with E-state index in [-0.39, 0.29) is 16.7 Å². The Morgan fingerprint density at radius 1 is 1.32 bits per heavy atom. The number of nitrogens with zero attached hydrogens (tertiary/aromatic N) is 1. The molecule has 25 heavy (non-hydrogen) atoms. The molecule has 1 atom stereocenters. The van der Waals surface area contributed by atoms with E-state index < -0.39 is 0 Å². The van der Waals surface area contributed by atoms with Gasteiger partial charge in [-0.1, -0.05) is 37.7 Å². The van der Waals surface area contributed by atoms with Gasteiger partial charge in [0.2, 0.25) is 5.91 Å². The van der Waals surface area contributed by atoms with E-state index in [1.807, 2.05) is 31.2 Å². The van der Waals surface area contributed by atoms with Crippen LogP contribution in [0.4, 0.5) is 5.69 Å². The molecule has 2 heterocycles. The number of hydrogen-bond donors (Lipinski definition) is 2. The number of carbonyl (C=O) groups excluding carboxylic acids is 1. The molecule has 0 radical (unpaired) electrons. The lowest BCUT2D eigenvalue weighted by Gasteiger charge is -2.14. The first-order chi connectivity index (χ1) is 12.1. The van der Waals surface area contributed by atoms with E-state index >= 15 is 0 Å². The van der Waals surface area contributed by atoms with Crippen molar-refractivity contribution in [2.24, 2.45) is 0 Å². The number of hydrogen-bond acceptors (Lipinski definition) is 5. The quantitative estimate of drug-likeness (QED) is 0.596. The van der Waals surface area contributed by atoms with Crippen LogP contribution < -0.4 is 10.9 Å². The second-order valence-electron chi connectivity index (χ2n) is 5.84. The maximum atomic E-state index is 12.6. The molecule has 0 bridgehead atoms. The predicted octanol–water partition coefficient (Wildman–Crippen LogP) is 3.59. The van der Waals surface area contributed by atoms with E-state index in [9.17, 15) is 9.59 Å². The summed E-state index contributed by atoms with van der Waals surface area (Å²) < 4.78 is 0. The molecule has 0 spiro atoms. The monoisotopic (exact) mass is 375 g/mol. The lowest BCUT2D eigenvalue weighted by molar-refractivity contribution is -0.115. The van der Waals surface area contributed by atoms with Gasteiger partial charge in [0.05, 0.1) is 10.9 Å². The van der Waals surface area contributed by atoms with Gasteiger partial charge in [-0.25, -0.2) is 4.98 Å². The van der Waals surface area contributed by atoms with Crippen LogP contribution in [0, 0.1) is 0 Å². The van der Waals surface area contributed by atoms with E-state index in [2.05, 4.69) is 22.2 Å². The maximum absolute atomic E-state index is 12.6. The molecule has 0 saturated heterocycles. The molecule has 1 aliphatic rings. The molecular formula is C18H21N3O2S2. The Labute approximate surface area is 155 Å². The van der Waals surface area contributed by atoms with Crippen molar-refractivity contribution in [1.29, 1.82) is 0 Å². The van der Waals surface area contributed by atoms with Crippen molar-refractivity contribution in [2.45, 2.75) is 48.6 Å². The first kappa shape index (κ1) is 18.1. The van der Waals surface area contributed by atoms with Gasteiger partial charge < -0.3 is 10.3 Å². The second-order valence-corrected chi connectivity index (χ2v) is 8.02. The van der Waals surface area contributed by atoms with Gasteiger partial charge in [0.15, 0.2) is 5.16 Å². The van der Waals surface area contributed by atoms with E-state index in [4.69, 9.17) is 0 Å². The van der Waals surface area contributed by atoms with Crippen LogP contribution in [0.25, 0.3) is 0 Å². The Kier molecular flexibility index (Phi) is 5.86. The molecule has 0 fully saturated rings. The summed E-state index contributed by atoms with van der Waals surface area (Å²) in [5, 5.41) is 3.17. The molecule has 1 aromatic heterocycles. The molecule has 1 aromatic carbocycles. The Hall–Kier alpha value is -1.73. The lowest BCUT2D eigenvalue weighted by Crippen LogP contribution is -2.25. The average molecular weight is 376 g/mol. The van der Waals surface area contributed by atoms with Crippen molar-refractivity contribution in [2.75, 3.05) is 5.32 Å². The summed E-state index contributed by atoms with van der Waals surface area (Å²) in [6.07, 6.45) is 1.62. The largest absolute Gasteiger partial charge is 0.325 e. The third kappa shape index (κ3) is 4.27. The molecule has 2 aromatic rings. The SMILES string of the molecule is CCc1ccc(NC(=O)C(CC)Sc2nc3c(c(=O)[nH]2)CSC3)cc1. The van der Waals surface area contributed by atoms with E-state index in [1.165, 1.54) is 17.3 Å². The highest BCUT2D eigenvalue weighted by Crippen LogP contribution is 2.29. The molecule has 1 unspecified atom stereocenters. The van der Waals surface area contributed by atoms with Crippen molar-refractivity contribution in [3.63, 3.8) is 0 Å². The minimum atomic E-state index is -0.305. The Morgan fingerprint density at radius 3 is 2.76 bits per heavy atom. The maximum Gasteiger partial charge on any atom is 0.255 e. The number of fused-ring (bicyclic) bond motifs is 1. The Bertz CT molecular complexity index is 818. The third-order valence-electron chi connectivity index (χ3n) is 4.11. The van der Waals surface area contributed by atoms with Crippen molar-refractivity contribution in [3.05, 3.63) is 51.4 Å². The van der Waals surface area contributed by atoms with Crippen LogP contribution in [0.2, 0.25) is 0 Å². The molecule has 5 nitrogen and oxygen atoms in total. The number of nitrogens with one attached hydrogen (secondary N) is 2. The number of H-pyrrole nitrogens is 1. The summed E-state index contributed by atoms with van der Waals surface area (Å²) in [6.45, 7) is 4.05. The minimum absolute atomic E-state index is 0.0747. The van der Waals surface area contributed by atoms with Crippen LogP contribution in [0.1, 0.15) is 37.1 Å². The van der Waals surface area contributed by atoms with Crippen molar-refractivity contribution >= 4 is 35.1 Å². The number of anilines is 1. The zero-order valence-corrected chi connectivity index (χ0v) is 15.9. The molecule has 0 saturated carbocycles. The summed E-state index contributed by atoms with van der Waals surface area (Å²) in [5.41, 5.74) is 3.55. The normalized spacial score (nSPS) is 14.2. The molecular weight excluding hydrogens is 354 g/mol. The topological polar surface area (TPSA) is 74.8 Å². The molecule has 7 heteroatoms. The van der Waals surface area contributed by atoms with E-state index in [0.29, 0.717) is 17.3 Å². The predicted molar refractivity (Wildman–Crippen MR) is 104 cm³/mol. The minimum Gasteiger partial charge on any atom is -0.325 e. The fourth-order valence-electron chi connectivity index (χ4n) is 2.60. The van der Waals surface area contributed by atoms with Gasteiger partial charge in [0.25, 0.3) is 5.56 Å². The standard InChI is InChI=1S/C18H21N3O2S2/c1-3-11-5-7-12(8-6-11)19-17(23)15(4-2)25-18-20-14-10-24-9-13(14)16(22)21-18/h5-8,15H,3-4,9-10H2,1-2H3,(H,19,23)(H,20,21,22). The van der Waals surface area contributed by atoms with Crippen LogP contribution in [-0.2, 0) is 22.7 Å². The van der Waals surface area contributed by atoms with Gasteiger partial charge in [-0.15, -0.1) is 0 Å². The number of aromatic amines is 1. The Balaban J connectivity index is 1.70. The number of benzene rings is 1. The van der Waals surface area contributed by atoms with Gasteiger partial charge in [-0.2, -0.15) is 11.8 Å². The third-order valence-corrected chi connectivity index (χ3v) is 6.33. The zero-order valence-electron chi connectivity index (χ0n) is 14.3. The molecule has 1 amide bonds. The summed E-state index contributed by atoms with van der Waals surface area (Å²) in [7, 11) is 0. The van der Waals surface area contributed by atoms with Crippen LogP contribution in [0.5, 0.6) is 0 Å². The van der Waals surface area contributed by atoms with E-state index in [1.54, 1.807) is 11.8 Å². The zero-order chi connectivity index (χ0) is 17.8. The second kappa shape index (κ2) is 8.10. The fourth-order valence-corrected chi connectivity index (χ4v) is 4.55. The Morgan fingerprint density at radius 2 is 2.08 bits per heavy atom. The van der Waals surface area contributed by atoms with Gasteiger partial charge in [-0.3, -0.25) is 9.59 Å². The molecule has 3 rings (SSSR count). The molecule has 1 aliphatic heterocycles. The van der Waals surface area contributed by atoms with Crippen LogP contribution >= 0.6 is 23.5 Å². The first-order valence-electron chi connectivity index (χ1n) is 8.37. The van der Waals surface area contributed by atoms with Crippen molar-refractivity contribution in [1.82, 2.24) is 9.97 Å². The fraction of sp³-hybridized carbons (Fsp3) is 0.389. The van der Waals surface area contributed by atoms with Crippen LogP contribution in [0.15, 0.2) is 34.2 Å². The highest BCUT2D eigenvalue weighted by Gasteiger charge is 2.22. The number of aryl methyl sites for hydroxylation is 1. The van der Waals surface area contributed by atoms with Gasteiger partial charge in [0, 0.05) is 22.8 Å². The number of carbonyl (C=O) groups is 1. The molecule has 2 N–H and O–H groups in total. The lowest BCUT2D eigenvalue weighted by atomic mass is 10.1. The number of amides is 1. The van der Waals surface area contributed by atoms with Crippen molar-refractivity contribution < 1.29 is 4.79 Å². The first-order valence-corrected chi connectivity index (χ1v) is 10.4. The smallest absolute Gasteiger partial charge is 0.255 e.